The van der Waals surface area contributed by atoms with E-state index in [2.05, 4.69) is 10.3 Å². The van der Waals surface area contributed by atoms with Gasteiger partial charge in [-0.05, 0) is 25.0 Å². The number of hydrogen-bond donors (Lipinski definition) is 3. The zero-order valence-electron chi connectivity index (χ0n) is 9.73. The van der Waals surface area contributed by atoms with Crippen LogP contribution in [0.25, 0.3) is 0 Å². The maximum Gasteiger partial charge on any atom is 0.126 e. The van der Waals surface area contributed by atoms with E-state index in [-0.39, 0.29) is 12.6 Å². The van der Waals surface area contributed by atoms with E-state index in [0.29, 0.717) is 18.7 Å². The van der Waals surface area contributed by atoms with Crippen molar-refractivity contribution in [2.75, 3.05) is 31.4 Å². The summed E-state index contributed by atoms with van der Waals surface area (Å²) in [6.07, 6.45) is 2.25. The molecule has 0 aromatic carbocycles. The predicted molar refractivity (Wildman–Crippen MR) is 64.4 cm³/mol. The molecule has 90 valence electrons. The molecule has 1 rings (SSSR count). The van der Waals surface area contributed by atoms with Crippen molar-refractivity contribution in [2.24, 2.45) is 0 Å². The summed E-state index contributed by atoms with van der Waals surface area (Å²) in [5.41, 5.74) is 7.34. The molecule has 4 N–H and O–H groups in total. The largest absolute Gasteiger partial charge is 0.397 e. The molecule has 0 radical (unpaired) electrons. The number of rotatable bonds is 6. The Bertz CT molecular complexity index is 325. The van der Waals surface area contributed by atoms with Crippen molar-refractivity contribution >= 4 is 11.5 Å². The van der Waals surface area contributed by atoms with Crippen LogP contribution in [0.3, 0.4) is 0 Å². The van der Waals surface area contributed by atoms with Crippen LogP contribution in [0.1, 0.15) is 12.0 Å². The van der Waals surface area contributed by atoms with E-state index in [1.165, 1.54) is 0 Å². The van der Waals surface area contributed by atoms with Crippen LogP contribution in [0.4, 0.5) is 11.5 Å². The molecule has 0 saturated heterocycles. The van der Waals surface area contributed by atoms with E-state index in [0.717, 1.165) is 11.4 Å². The van der Waals surface area contributed by atoms with Crippen molar-refractivity contribution in [1.82, 2.24) is 4.98 Å². The highest BCUT2D eigenvalue weighted by atomic mass is 16.5. The molecule has 0 spiro atoms. The first-order valence-corrected chi connectivity index (χ1v) is 5.25. The second kappa shape index (κ2) is 6.30. The van der Waals surface area contributed by atoms with E-state index >= 15 is 0 Å². The van der Waals surface area contributed by atoms with E-state index in [1.807, 2.05) is 13.0 Å². The van der Waals surface area contributed by atoms with E-state index < -0.39 is 0 Å². The zero-order valence-corrected chi connectivity index (χ0v) is 9.73. The van der Waals surface area contributed by atoms with E-state index in [9.17, 15) is 0 Å². The number of aryl methyl sites for hydroxylation is 1. The lowest BCUT2D eigenvalue weighted by Gasteiger charge is -2.17. The summed E-state index contributed by atoms with van der Waals surface area (Å²) in [5.74, 6) is 0.752. The fourth-order valence-electron chi connectivity index (χ4n) is 1.41. The molecule has 0 bridgehead atoms. The van der Waals surface area contributed by atoms with Gasteiger partial charge >= 0.3 is 0 Å². The van der Waals surface area contributed by atoms with E-state index in [4.69, 9.17) is 15.6 Å². The molecule has 0 saturated carbocycles. The molecule has 5 nitrogen and oxygen atoms in total. The minimum atomic E-state index is 0.0607. The molecule has 0 aliphatic heterocycles. The van der Waals surface area contributed by atoms with Gasteiger partial charge in [0.2, 0.25) is 0 Å². The number of ether oxygens (including phenoxy) is 1. The Hall–Kier alpha value is -1.33. The SMILES string of the molecule is COCC(CCO)Nc1cc(C)c(N)cn1. The average molecular weight is 225 g/mol. The van der Waals surface area contributed by atoms with Crippen LogP contribution < -0.4 is 11.1 Å². The van der Waals surface area contributed by atoms with Gasteiger partial charge in [0.1, 0.15) is 5.82 Å². The topological polar surface area (TPSA) is 80.4 Å². The van der Waals surface area contributed by atoms with Gasteiger partial charge in [-0.3, -0.25) is 0 Å². The number of aliphatic hydroxyl groups is 1. The fraction of sp³-hybridized carbons (Fsp3) is 0.545. The molecule has 1 unspecified atom stereocenters. The van der Waals surface area contributed by atoms with Crippen molar-refractivity contribution in [3.05, 3.63) is 17.8 Å². The monoisotopic (exact) mass is 225 g/mol. The van der Waals surface area contributed by atoms with Gasteiger partial charge < -0.3 is 20.9 Å². The van der Waals surface area contributed by atoms with Crippen LogP contribution in [0.2, 0.25) is 0 Å². The summed E-state index contributed by atoms with van der Waals surface area (Å²) >= 11 is 0. The van der Waals surface area contributed by atoms with Crippen LogP contribution in [0.5, 0.6) is 0 Å². The van der Waals surface area contributed by atoms with Crippen LogP contribution in [-0.2, 0) is 4.74 Å². The van der Waals surface area contributed by atoms with Crippen LogP contribution >= 0.6 is 0 Å². The van der Waals surface area contributed by atoms with Gasteiger partial charge in [-0.15, -0.1) is 0 Å². The molecular weight excluding hydrogens is 206 g/mol. The molecule has 1 aromatic heterocycles. The number of aromatic nitrogens is 1. The zero-order chi connectivity index (χ0) is 12.0. The van der Waals surface area contributed by atoms with Gasteiger partial charge in [-0.25, -0.2) is 4.98 Å². The summed E-state index contributed by atoms with van der Waals surface area (Å²) in [6, 6.07) is 1.94. The lowest BCUT2D eigenvalue weighted by molar-refractivity contribution is 0.170. The predicted octanol–water partition coefficient (Wildman–Crippen LogP) is 0.782. The van der Waals surface area contributed by atoms with Crippen molar-refractivity contribution in [3.63, 3.8) is 0 Å². The first-order chi connectivity index (χ1) is 7.67. The third-order valence-electron chi connectivity index (χ3n) is 2.35. The second-order valence-electron chi connectivity index (χ2n) is 3.74. The number of aliphatic hydroxyl groups excluding tert-OH is 1. The van der Waals surface area contributed by atoms with E-state index in [1.54, 1.807) is 13.3 Å². The van der Waals surface area contributed by atoms with Gasteiger partial charge in [-0.1, -0.05) is 0 Å². The maximum absolute atomic E-state index is 8.90. The maximum atomic E-state index is 8.90. The number of pyridine rings is 1. The summed E-state index contributed by atoms with van der Waals surface area (Å²) in [7, 11) is 1.63. The molecular formula is C11H19N3O2. The minimum absolute atomic E-state index is 0.0607. The normalized spacial score (nSPS) is 12.4. The van der Waals surface area contributed by atoms with Crippen LogP contribution in [0.15, 0.2) is 12.3 Å². The lowest BCUT2D eigenvalue weighted by Crippen LogP contribution is -2.26. The van der Waals surface area contributed by atoms with Gasteiger partial charge in [0.05, 0.1) is 24.5 Å². The number of nitrogens with one attached hydrogen (secondary N) is 1. The number of methoxy groups -OCH3 is 1. The third-order valence-corrected chi connectivity index (χ3v) is 2.35. The van der Waals surface area contributed by atoms with Crippen molar-refractivity contribution < 1.29 is 9.84 Å². The number of anilines is 2. The molecule has 0 aliphatic rings. The summed E-state index contributed by atoms with van der Waals surface area (Å²) in [5, 5.41) is 12.1. The molecule has 0 aliphatic carbocycles. The molecule has 0 fully saturated rings. The smallest absolute Gasteiger partial charge is 0.126 e. The van der Waals surface area contributed by atoms with Crippen molar-refractivity contribution in [1.29, 1.82) is 0 Å². The Balaban J connectivity index is 2.65. The Morgan fingerprint density at radius 1 is 1.62 bits per heavy atom. The average Bonchev–Trinajstić information content (AvgIpc) is 2.24. The first-order valence-electron chi connectivity index (χ1n) is 5.25. The van der Waals surface area contributed by atoms with Gasteiger partial charge in [0.25, 0.3) is 0 Å². The standard InChI is InChI=1S/C11H19N3O2/c1-8-5-11(13-6-10(8)12)14-9(3-4-15)7-16-2/h5-6,9,15H,3-4,7,12H2,1-2H3,(H,13,14). The molecule has 5 heteroatoms. The third kappa shape index (κ3) is 3.67. The van der Waals surface area contributed by atoms with Gasteiger partial charge in [-0.2, -0.15) is 0 Å². The summed E-state index contributed by atoms with van der Waals surface area (Å²) in [4.78, 5) is 4.17. The Kier molecular flexibility index (Phi) is 5.01. The van der Waals surface area contributed by atoms with Gasteiger partial charge in [0, 0.05) is 13.7 Å². The number of nitrogen functional groups attached to an aromatic ring is 1. The molecule has 1 heterocycles. The molecule has 0 amide bonds. The lowest BCUT2D eigenvalue weighted by atomic mass is 10.2. The van der Waals surface area contributed by atoms with Crippen LogP contribution in [0, 0.1) is 6.92 Å². The second-order valence-corrected chi connectivity index (χ2v) is 3.74. The number of hydrogen-bond acceptors (Lipinski definition) is 5. The molecule has 1 aromatic rings. The van der Waals surface area contributed by atoms with Crippen molar-refractivity contribution in [3.8, 4) is 0 Å². The highest BCUT2D eigenvalue weighted by Gasteiger charge is 2.08. The van der Waals surface area contributed by atoms with Crippen LogP contribution in [-0.4, -0.2) is 36.5 Å². The summed E-state index contributed by atoms with van der Waals surface area (Å²) < 4.78 is 5.06. The number of nitrogens with zero attached hydrogens (tertiary/aromatic N) is 1. The molecule has 1 atom stereocenters. The first kappa shape index (κ1) is 12.7. The Morgan fingerprint density at radius 3 is 2.94 bits per heavy atom. The minimum Gasteiger partial charge on any atom is -0.397 e. The highest BCUT2D eigenvalue weighted by molar-refractivity contribution is 5.51. The number of nitrogens with two attached hydrogens (primary N) is 1. The summed E-state index contributed by atoms with van der Waals surface area (Å²) in [6.45, 7) is 2.58. The van der Waals surface area contributed by atoms with Gasteiger partial charge in [0.15, 0.2) is 0 Å². The Morgan fingerprint density at radius 2 is 2.38 bits per heavy atom. The highest BCUT2D eigenvalue weighted by Crippen LogP contribution is 2.14. The Labute approximate surface area is 95.6 Å². The van der Waals surface area contributed by atoms with Crippen molar-refractivity contribution in [2.45, 2.75) is 19.4 Å². The fourth-order valence-corrected chi connectivity index (χ4v) is 1.41. The molecule has 16 heavy (non-hydrogen) atoms. The quantitative estimate of drug-likeness (QED) is 0.666.